The van der Waals surface area contributed by atoms with Gasteiger partial charge in [0, 0.05) is 0 Å². The molecule has 0 bridgehead atoms. The molecule has 0 aromatic rings. The number of hydrogen-bond acceptors (Lipinski definition) is 0. The van der Waals surface area contributed by atoms with Gasteiger partial charge >= 0.3 is 0 Å². The smallest absolute Gasteiger partial charge is 0.0354 e. The summed E-state index contributed by atoms with van der Waals surface area (Å²) in [4.78, 5) is 0. The lowest BCUT2D eigenvalue weighted by Crippen LogP contribution is -2.33. The Hall–Kier alpha value is 0. The maximum Gasteiger partial charge on any atom is -0.0354 e. The normalized spacial score (nSPS) is 56.3. The third-order valence-corrected chi connectivity index (χ3v) is 11.1. The van der Waals surface area contributed by atoms with Gasteiger partial charge < -0.3 is 0 Å². The lowest BCUT2D eigenvalue weighted by Gasteiger charge is -2.43. The number of hydrogen-bond donors (Lipinski definition) is 0. The van der Waals surface area contributed by atoms with Gasteiger partial charge in [0.1, 0.15) is 0 Å². The van der Waals surface area contributed by atoms with E-state index in [1.807, 2.05) is 0 Å². The Morgan fingerprint density at radius 1 is 0.269 bits per heavy atom. The van der Waals surface area contributed by atoms with Crippen LogP contribution in [0.15, 0.2) is 0 Å². The molecule has 6 aliphatic rings. The summed E-state index contributed by atoms with van der Waals surface area (Å²) in [6.45, 7) is 0. The maximum atomic E-state index is 1.66. The lowest BCUT2D eigenvalue weighted by atomic mass is 9.62. The molecule has 0 heterocycles. The summed E-state index contributed by atoms with van der Waals surface area (Å²) in [6, 6.07) is 0. The summed E-state index contributed by atoms with van der Waals surface area (Å²) < 4.78 is 0. The van der Waals surface area contributed by atoms with Crippen LogP contribution in [0.4, 0.5) is 0 Å². The topological polar surface area (TPSA) is 0 Å². The molecule has 6 aliphatic carbocycles. The average molecular weight is 355 g/mol. The molecule has 6 saturated carbocycles. The first kappa shape index (κ1) is 16.9. The van der Waals surface area contributed by atoms with Crippen molar-refractivity contribution < 1.29 is 0 Å². The molecule has 10 unspecified atom stereocenters. The molecule has 6 rings (SSSR count). The summed E-state index contributed by atoms with van der Waals surface area (Å²) in [6.07, 6.45) is 25.7. The van der Waals surface area contributed by atoms with Crippen molar-refractivity contribution in [2.75, 3.05) is 0 Å². The van der Waals surface area contributed by atoms with E-state index >= 15 is 0 Å². The molecule has 0 heteroatoms. The van der Waals surface area contributed by atoms with Crippen molar-refractivity contribution in [1.82, 2.24) is 0 Å². The average Bonchev–Trinajstić information content (AvgIpc) is 3.24. The molecule has 0 aromatic heterocycles. The van der Waals surface area contributed by atoms with Gasteiger partial charge in [0.15, 0.2) is 0 Å². The third kappa shape index (κ3) is 2.75. The van der Waals surface area contributed by atoms with E-state index in [1.165, 1.54) is 23.7 Å². The summed E-state index contributed by atoms with van der Waals surface area (Å²) in [7, 11) is 0. The Bertz CT molecular complexity index is 462. The van der Waals surface area contributed by atoms with Crippen molar-refractivity contribution in [1.29, 1.82) is 0 Å². The summed E-state index contributed by atoms with van der Waals surface area (Å²) in [5.74, 6) is 11.6. The molecule has 10 atom stereocenters. The van der Waals surface area contributed by atoms with Crippen LogP contribution in [0, 0.1) is 59.2 Å². The van der Waals surface area contributed by atoms with Crippen LogP contribution in [-0.2, 0) is 0 Å². The zero-order chi connectivity index (χ0) is 17.1. The van der Waals surface area contributed by atoms with Crippen LogP contribution in [0.2, 0.25) is 0 Å². The molecule has 0 nitrogen and oxygen atoms in total. The quantitative estimate of drug-likeness (QED) is 0.458. The van der Waals surface area contributed by atoms with Crippen molar-refractivity contribution >= 4 is 0 Å². The molecule has 0 amide bonds. The zero-order valence-electron chi connectivity index (χ0n) is 17.1. The van der Waals surface area contributed by atoms with Crippen LogP contribution in [-0.4, -0.2) is 0 Å². The van der Waals surface area contributed by atoms with Gasteiger partial charge in [0.25, 0.3) is 0 Å². The molecule has 6 fully saturated rings. The minimum absolute atomic E-state index is 1.14. The highest BCUT2D eigenvalue weighted by molar-refractivity contribution is 5.00. The molecule has 0 N–H and O–H groups in total. The Morgan fingerprint density at radius 3 is 1.15 bits per heavy atom. The predicted octanol–water partition coefficient (Wildman–Crippen LogP) is 7.47. The van der Waals surface area contributed by atoms with Crippen LogP contribution in [0.25, 0.3) is 0 Å². The first-order chi connectivity index (χ1) is 12.9. The van der Waals surface area contributed by atoms with Crippen LogP contribution >= 0.6 is 0 Å². The minimum atomic E-state index is 1.14. The first-order valence-corrected chi connectivity index (χ1v) is 12.9. The van der Waals surface area contributed by atoms with Crippen LogP contribution in [0.3, 0.4) is 0 Å². The van der Waals surface area contributed by atoms with Crippen LogP contribution in [0.5, 0.6) is 0 Å². The summed E-state index contributed by atoms with van der Waals surface area (Å²) in [5.41, 5.74) is 0. The minimum Gasteiger partial charge on any atom is -0.0530 e. The van der Waals surface area contributed by atoms with E-state index in [-0.39, 0.29) is 0 Å². The van der Waals surface area contributed by atoms with E-state index in [2.05, 4.69) is 0 Å². The second-order valence-corrected chi connectivity index (χ2v) is 11.9. The molecular weight excluding hydrogens is 312 g/mol. The van der Waals surface area contributed by atoms with Crippen LogP contribution < -0.4 is 0 Å². The fourth-order valence-corrected chi connectivity index (χ4v) is 10.1. The standard InChI is InChI=1S/C26H42/c1-3-7-23-19(5-1)15-21-13-17(9-11-25(21)23)18-10-12-26-22(14-18)16-20-6-2-4-8-24(20)26/h17-26H,1-16H2. The van der Waals surface area contributed by atoms with E-state index in [1.54, 1.807) is 103 Å². The molecule has 0 aliphatic heterocycles. The van der Waals surface area contributed by atoms with Gasteiger partial charge in [0.05, 0.1) is 0 Å². The Kier molecular flexibility index (Phi) is 4.43. The highest BCUT2D eigenvalue weighted by atomic mass is 14.6. The second-order valence-electron chi connectivity index (χ2n) is 11.9. The summed E-state index contributed by atoms with van der Waals surface area (Å²) >= 11 is 0. The Labute approximate surface area is 162 Å². The molecular formula is C26H42. The van der Waals surface area contributed by atoms with Crippen molar-refractivity contribution in [3.05, 3.63) is 0 Å². The van der Waals surface area contributed by atoms with Gasteiger partial charge in [0.2, 0.25) is 0 Å². The van der Waals surface area contributed by atoms with E-state index in [0.29, 0.717) is 0 Å². The van der Waals surface area contributed by atoms with Gasteiger partial charge in [-0.1, -0.05) is 38.5 Å². The number of rotatable bonds is 1. The predicted molar refractivity (Wildman–Crippen MR) is 109 cm³/mol. The molecule has 0 saturated heterocycles. The van der Waals surface area contributed by atoms with Gasteiger partial charge in [-0.3, -0.25) is 0 Å². The monoisotopic (exact) mass is 354 g/mol. The Morgan fingerprint density at radius 2 is 0.654 bits per heavy atom. The Balaban J connectivity index is 1.10. The highest BCUT2D eigenvalue weighted by Gasteiger charge is 2.50. The van der Waals surface area contributed by atoms with Gasteiger partial charge in [-0.05, 0) is 123 Å². The van der Waals surface area contributed by atoms with Crippen LogP contribution in [0.1, 0.15) is 103 Å². The van der Waals surface area contributed by atoms with Crippen molar-refractivity contribution in [3.63, 3.8) is 0 Å². The first-order valence-electron chi connectivity index (χ1n) is 12.9. The molecule has 26 heavy (non-hydrogen) atoms. The summed E-state index contributed by atoms with van der Waals surface area (Å²) in [5, 5.41) is 0. The lowest BCUT2D eigenvalue weighted by molar-refractivity contribution is 0.0721. The van der Waals surface area contributed by atoms with Gasteiger partial charge in [-0.15, -0.1) is 0 Å². The highest BCUT2D eigenvalue weighted by Crippen LogP contribution is 2.60. The van der Waals surface area contributed by atoms with Gasteiger partial charge in [-0.2, -0.15) is 0 Å². The van der Waals surface area contributed by atoms with E-state index in [0.717, 1.165) is 35.5 Å². The van der Waals surface area contributed by atoms with E-state index < -0.39 is 0 Å². The van der Waals surface area contributed by atoms with E-state index in [4.69, 9.17) is 0 Å². The fraction of sp³-hybridized carbons (Fsp3) is 1.00. The largest absolute Gasteiger partial charge is 0.0530 e. The third-order valence-electron chi connectivity index (χ3n) is 11.1. The molecule has 146 valence electrons. The van der Waals surface area contributed by atoms with E-state index in [9.17, 15) is 0 Å². The van der Waals surface area contributed by atoms with Crippen molar-refractivity contribution in [3.8, 4) is 0 Å². The fourth-order valence-electron chi connectivity index (χ4n) is 10.1. The van der Waals surface area contributed by atoms with Crippen molar-refractivity contribution in [2.24, 2.45) is 59.2 Å². The molecule has 0 radical (unpaired) electrons. The second kappa shape index (κ2) is 6.81. The molecule has 0 aromatic carbocycles. The molecule has 0 spiro atoms. The van der Waals surface area contributed by atoms with Crippen molar-refractivity contribution in [2.45, 2.75) is 103 Å². The zero-order valence-corrected chi connectivity index (χ0v) is 17.1. The van der Waals surface area contributed by atoms with Gasteiger partial charge in [-0.25, -0.2) is 0 Å². The SMILES string of the molecule is C1CCC2C(C1)CC1CC(C3CCC4C(C3)CC3CCCCC34)CCC12. The maximum absolute atomic E-state index is 1.66. The number of fused-ring (bicyclic) bond motifs is 6.